The highest BCUT2D eigenvalue weighted by Gasteiger charge is 2.17. The van der Waals surface area contributed by atoms with Gasteiger partial charge in [-0.1, -0.05) is 64.2 Å². The molecular formula is C22H38O5. The highest BCUT2D eigenvalue weighted by molar-refractivity contribution is 5.69. The molecule has 2 rings (SSSR count). The number of hydrogen-bond donors (Lipinski definition) is 1. The Balaban J connectivity index is 1.45. The Kier molecular flexibility index (Phi) is 10.8. The van der Waals surface area contributed by atoms with E-state index in [4.69, 9.17) is 9.47 Å². The van der Waals surface area contributed by atoms with E-state index < -0.39 is 6.10 Å². The number of ether oxygens (including phenoxy) is 2. The first kappa shape index (κ1) is 22.2. The molecule has 0 saturated heterocycles. The molecule has 27 heavy (non-hydrogen) atoms. The van der Waals surface area contributed by atoms with E-state index in [1.807, 2.05) is 0 Å². The highest BCUT2D eigenvalue weighted by atomic mass is 16.6. The van der Waals surface area contributed by atoms with Crippen LogP contribution in [0.2, 0.25) is 0 Å². The summed E-state index contributed by atoms with van der Waals surface area (Å²) in [5.41, 5.74) is 0. The van der Waals surface area contributed by atoms with E-state index in [2.05, 4.69) is 0 Å². The third-order valence-electron chi connectivity index (χ3n) is 6.07. The van der Waals surface area contributed by atoms with Gasteiger partial charge in [-0.05, 0) is 31.1 Å². The van der Waals surface area contributed by atoms with Crippen molar-refractivity contribution in [3.63, 3.8) is 0 Å². The van der Waals surface area contributed by atoms with E-state index in [0.717, 1.165) is 25.2 Å². The number of aliphatic hydroxyl groups is 1. The molecular weight excluding hydrogens is 344 g/mol. The lowest BCUT2D eigenvalue weighted by Crippen LogP contribution is -2.25. The molecule has 5 heteroatoms. The summed E-state index contributed by atoms with van der Waals surface area (Å²) < 4.78 is 10.2. The van der Waals surface area contributed by atoms with Crippen molar-refractivity contribution in [3.8, 4) is 0 Å². The lowest BCUT2D eigenvalue weighted by atomic mass is 9.86. The molecule has 2 aliphatic carbocycles. The van der Waals surface area contributed by atoms with E-state index >= 15 is 0 Å². The van der Waals surface area contributed by atoms with Crippen molar-refractivity contribution in [2.75, 3.05) is 13.2 Å². The van der Waals surface area contributed by atoms with Gasteiger partial charge in [0.2, 0.25) is 0 Å². The fourth-order valence-electron chi connectivity index (χ4n) is 4.38. The Morgan fingerprint density at radius 1 is 0.741 bits per heavy atom. The minimum atomic E-state index is -0.939. The van der Waals surface area contributed by atoms with Crippen molar-refractivity contribution in [2.45, 2.75) is 102 Å². The van der Waals surface area contributed by atoms with Crippen LogP contribution < -0.4 is 0 Å². The van der Waals surface area contributed by atoms with E-state index in [1.54, 1.807) is 0 Å². The molecule has 0 spiro atoms. The third kappa shape index (κ3) is 10.1. The molecule has 2 fully saturated rings. The Bertz CT molecular complexity index is 424. The zero-order chi connectivity index (χ0) is 19.3. The van der Waals surface area contributed by atoms with Crippen LogP contribution in [0.5, 0.6) is 0 Å². The fourth-order valence-corrected chi connectivity index (χ4v) is 4.38. The number of esters is 2. The second kappa shape index (κ2) is 13.1. The summed E-state index contributed by atoms with van der Waals surface area (Å²) in [5, 5.41) is 9.84. The summed E-state index contributed by atoms with van der Waals surface area (Å²) in [5.74, 6) is 0.878. The molecule has 0 aromatic rings. The van der Waals surface area contributed by atoms with E-state index in [0.29, 0.717) is 18.8 Å². The zero-order valence-corrected chi connectivity index (χ0v) is 16.8. The van der Waals surface area contributed by atoms with Gasteiger partial charge in [0.25, 0.3) is 0 Å². The van der Waals surface area contributed by atoms with Gasteiger partial charge < -0.3 is 14.6 Å². The summed E-state index contributed by atoms with van der Waals surface area (Å²) in [6.45, 7) is -0.197. The second-order valence-electron chi connectivity index (χ2n) is 8.46. The summed E-state index contributed by atoms with van der Waals surface area (Å²) >= 11 is 0. The van der Waals surface area contributed by atoms with Crippen LogP contribution in [0.15, 0.2) is 0 Å². The first-order chi connectivity index (χ1) is 13.1. The summed E-state index contributed by atoms with van der Waals surface area (Å²) in [6.07, 6.45) is 15.6. The maximum Gasteiger partial charge on any atom is 0.305 e. The number of carbonyl (C=O) groups is 2. The quantitative estimate of drug-likeness (QED) is 0.531. The van der Waals surface area contributed by atoms with Gasteiger partial charge in [0.15, 0.2) is 0 Å². The molecule has 0 bridgehead atoms. The zero-order valence-electron chi connectivity index (χ0n) is 16.8. The van der Waals surface area contributed by atoms with Crippen molar-refractivity contribution >= 4 is 11.9 Å². The van der Waals surface area contributed by atoms with Crippen LogP contribution in [0.3, 0.4) is 0 Å². The van der Waals surface area contributed by atoms with Gasteiger partial charge in [-0.25, -0.2) is 0 Å². The summed E-state index contributed by atoms with van der Waals surface area (Å²) in [7, 11) is 0. The van der Waals surface area contributed by atoms with Gasteiger partial charge >= 0.3 is 11.9 Å². The fraction of sp³-hybridized carbons (Fsp3) is 0.909. The molecule has 0 aliphatic heterocycles. The smallest absolute Gasteiger partial charge is 0.305 e. The van der Waals surface area contributed by atoms with E-state index in [9.17, 15) is 14.7 Å². The van der Waals surface area contributed by atoms with Gasteiger partial charge in [-0.2, -0.15) is 0 Å². The van der Waals surface area contributed by atoms with Crippen LogP contribution in [0, 0.1) is 11.8 Å². The molecule has 2 aliphatic rings. The second-order valence-corrected chi connectivity index (χ2v) is 8.46. The Morgan fingerprint density at radius 2 is 1.22 bits per heavy atom. The van der Waals surface area contributed by atoms with Crippen molar-refractivity contribution in [2.24, 2.45) is 11.8 Å². The monoisotopic (exact) mass is 382 g/mol. The lowest BCUT2D eigenvalue weighted by Gasteiger charge is -2.21. The maximum absolute atomic E-state index is 11.8. The molecule has 0 heterocycles. The van der Waals surface area contributed by atoms with Gasteiger partial charge in [-0.15, -0.1) is 0 Å². The molecule has 0 radical (unpaired) electrons. The molecule has 0 aromatic heterocycles. The molecule has 0 amide bonds. The average Bonchev–Trinajstić information content (AvgIpc) is 2.70. The van der Waals surface area contributed by atoms with Crippen molar-refractivity contribution in [1.29, 1.82) is 0 Å². The summed E-state index contributed by atoms with van der Waals surface area (Å²) in [6, 6.07) is 0. The van der Waals surface area contributed by atoms with Crippen LogP contribution >= 0.6 is 0 Å². The Hall–Kier alpha value is -1.10. The minimum absolute atomic E-state index is 0.0984. The summed E-state index contributed by atoms with van der Waals surface area (Å²) in [4.78, 5) is 23.5. The molecule has 5 nitrogen and oxygen atoms in total. The van der Waals surface area contributed by atoms with Crippen molar-refractivity contribution in [3.05, 3.63) is 0 Å². The lowest BCUT2D eigenvalue weighted by molar-refractivity contribution is -0.152. The first-order valence-corrected chi connectivity index (χ1v) is 11.1. The maximum atomic E-state index is 11.8. The average molecular weight is 383 g/mol. The topological polar surface area (TPSA) is 72.8 Å². The molecule has 156 valence electrons. The standard InChI is InChI=1S/C22H38O5/c23-20(17-27-22(25)15-14-19-10-5-2-6-11-19)16-26-21(24)13-7-12-18-8-3-1-4-9-18/h18-20,23H,1-17H2. The normalized spacial score (nSPS) is 20.2. The van der Waals surface area contributed by atoms with E-state index in [-0.39, 0.29) is 25.2 Å². The SMILES string of the molecule is O=C(CCCC1CCCCC1)OCC(O)COC(=O)CCC1CCCCC1. The van der Waals surface area contributed by atoms with Crippen LogP contribution in [-0.2, 0) is 19.1 Å². The predicted molar refractivity (Wildman–Crippen MR) is 104 cm³/mol. The minimum Gasteiger partial charge on any atom is -0.463 e. The molecule has 0 aromatic carbocycles. The first-order valence-electron chi connectivity index (χ1n) is 11.1. The number of hydrogen-bond acceptors (Lipinski definition) is 5. The Labute approximate surface area is 164 Å². The van der Waals surface area contributed by atoms with Crippen LogP contribution in [0.4, 0.5) is 0 Å². The highest BCUT2D eigenvalue weighted by Crippen LogP contribution is 2.28. The largest absolute Gasteiger partial charge is 0.463 e. The number of aliphatic hydroxyl groups excluding tert-OH is 1. The third-order valence-corrected chi connectivity index (χ3v) is 6.07. The number of rotatable bonds is 11. The predicted octanol–water partition coefficient (Wildman–Crippen LogP) is 4.54. The van der Waals surface area contributed by atoms with Gasteiger partial charge in [-0.3, -0.25) is 9.59 Å². The number of carbonyl (C=O) groups excluding carboxylic acids is 2. The van der Waals surface area contributed by atoms with Crippen molar-refractivity contribution < 1.29 is 24.2 Å². The molecule has 1 unspecified atom stereocenters. The van der Waals surface area contributed by atoms with Crippen LogP contribution in [0.25, 0.3) is 0 Å². The van der Waals surface area contributed by atoms with Gasteiger partial charge in [0.05, 0.1) is 0 Å². The van der Waals surface area contributed by atoms with E-state index in [1.165, 1.54) is 64.2 Å². The van der Waals surface area contributed by atoms with Gasteiger partial charge in [0, 0.05) is 12.8 Å². The Morgan fingerprint density at radius 3 is 1.78 bits per heavy atom. The van der Waals surface area contributed by atoms with Crippen molar-refractivity contribution in [1.82, 2.24) is 0 Å². The van der Waals surface area contributed by atoms with Crippen LogP contribution in [-0.4, -0.2) is 36.4 Å². The molecule has 2 saturated carbocycles. The van der Waals surface area contributed by atoms with Crippen LogP contribution in [0.1, 0.15) is 96.3 Å². The molecule has 1 atom stereocenters. The van der Waals surface area contributed by atoms with Gasteiger partial charge in [0.1, 0.15) is 19.3 Å². The molecule has 1 N–H and O–H groups in total.